The molecular weight excluding hydrogens is 504 g/mol. The number of aliphatic hydroxyl groups excluding tert-OH is 2. The molecule has 0 saturated carbocycles. The minimum atomic E-state index is -0.788. The Morgan fingerprint density at radius 3 is 1.88 bits per heavy atom. The molecule has 0 amide bonds. The summed E-state index contributed by atoms with van der Waals surface area (Å²) < 4.78 is 10.5. The maximum absolute atomic E-state index is 12.0. The molecule has 0 radical (unpaired) electrons. The zero-order chi connectivity index (χ0) is 29.5. The average molecular weight is 565 g/mol. The standard InChI is InChI=1S/C34H60O6/c1-3-5-7-8-9-10-13-17-20-24-28-34(38)40-32(29-35)30-39-33(37)27-23-19-16-14-11-12-15-18-22-26-31(36)25-21-6-4-2/h6,15,18,21-22,26,31-32,35-36H,3-5,7-14,16-17,19-20,23-25,27-30H2,1-2H3/b18-15+,21-6+,26-22+/t31?,32-/m0/s1. The van der Waals surface area contributed by atoms with Gasteiger partial charge in [-0.1, -0.05) is 127 Å². The van der Waals surface area contributed by atoms with E-state index in [0.29, 0.717) is 19.3 Å². The largest absolute Gasteiger partial charge is 0.462 e. The molecule has 0 aromatic rings. The molecule has 0 aromatic heterocycles. The number of unbranched alkanes of at least 4 members (excludes halogenated alkanes) is 14. The number of carbonyl (C=O) groups is 2. The molecule has 0 heterocycles. The molecule has 6 heteroatoms. The Labute approximate surface area is 245 Å². The van der Waals surface area contributed by atoms with Crippen LogP contribution in [0.15, 0.2) is 36.5 Å². The molecule has 0 aromatic carbocycles. The van der Waals surface area contributed by atoms with Crippen LogP contribution >= 0.6 is 0 Å². The lowest BCUT2D eigenvalue weighted by Gasteiger charge is -2.15. The Kier molecular flexibility index (Phi) is 28.6. The number of esters is 2. The van der Waals surface area contributed by atoms with E-state index in [-0.39, 0.29) is 25.2 Å². The summed E-state index contributed by atoms with van der Waals surface area (Å²) in [7, 11) is 0. The first-order chi connectivity index (χ1) is 19.5. The quantitative estimate of drug-likeness (QED) is 0.0430. The first-order valence-electron chi connectivity index (χ1n) is 16.2. The van der Waals surface area contributed by atoms with Crippen LogP contribution in [0.1, 0.15) is 142 Å². The van der Waals surface area contributed by atoms with E-state index in [2.05, 4.69) is 26.0 Å². The van der Waals surface area contributed by atoms with E-state index >= 15 is 0 Å². The minimum Gasteiger partial charge on any atom is -0.462 e. The molecule has 0 spiro atoms. The summed E-state index contributed by atoms with van der Waals surface area (Å²) in [6, 6.07) is 0. The fraction of sp³-hybridized carbons (Fsp3) is 0.765. The van der Waals surface area contributed by atoms with Crippen molar-refractivity contribution in [2.45, 2.75) is 154 Å². The fourth-order valence-electron chi connectivity index (χ4n) is 4.29. The number of allylic oxidation sites excluding steroid dienone is 4. The maximum atomic E-state index is 12.0. The van der Waals surface area contributed by atoms with Gasteiger partial charge in [-0.25, -0.2) is 0 Å². The predicted octanol–water partition coefficient (Wildman–Crippen LogP) is 8.31. The van der Waals surface area contributed by atoms with E-state index < -0.39 is 12.2 Å². The lowest BCUT2D eigenvalue weighted by molar-refractivity contribution is -0.161. The van der Waals surface area contributed by atoms with E-state index in [0.717, 1.165) is 64.2 Å². The van der Waals surface area contributed by atoms with Gasteiger partial charge >= 0.3 is 11.9 Å². The number of carbonyl (C=O) groups excluding carboxylic acids is 2. The Balaban J connectivity index is 3.68. The molecule has 0 fully saturated rings. The molecule has 0 rings (SSSR count). The van der Waals surface area contributed by atoms with Gasteiger partial charge in [-0.15, -0.1) is 0 Å². The van der Waals surface area contributed by atoms with Crippen molar-refractivity contribution in [2.24, 2.45) is 0 Å². The molecule has 0 bridgehead atoms. The summed E-state index contributed by atoms with van der Waals surface area (Å²) in [5.41, 5.74) is 0. The third kappa shape index (κ3) is 27.6. The molecule has 2 atom stereocenters. The zero-order valence-electron chi connectivity index (χ0n) is 25.7. The van der Waals surface area contributed by atoms with Gasteiger partial charge in [-0.3, -0.25) is 9.59 Å². The van der Waals surface area contributed by atoms with E-state index in [4.69, 9.17) is 9.47 Å². The number of rotatable bonds is 28. The van der Waals surface area contributed by atoms with Gasteiger partial charge in [0.1, 0.15) is 6.61 Å². The van der Waals surface area contributed by atoms with Crippen molar-refractivity contribution in [3.63, 3.8) is 0 Å². The highest BCUT2D eigenvalue weighted by Gasteiger charge is 2.16. The Hall–Kier alpha value is -1.92. The highest BCUT2D eigenvalue weighted by atomic mass is 16.6. The number of hydrogen-bond donors (Lipinski definition) is 2. The van der Waals surface area contributed by atoms with Crippen LogP contribution in [0.5, 0.6) is 0 Å². The predicted molar refractivity (Wildman–Crippen MR) is 165 cm³/mol. The van der Waals surface area contributed by atoms with E-state index in [1.165, 1.54) is 44.9 Å². The van der Waals surface area contributed by atoms with Crippen LogP contribution in [0.4, 0.5) is 0 Å². The third-order valence-electron chi connectivity index (χ3n) is 6.78. The topological polar surface area (TPSA) is 93.1 Å². The molecule has 0 aliphatic rings. The van der Waals surface area contributed by atoms with Crippen molar-refractivity contribution in [1.29, 1.82) is 0 Å². The molecule has 232 valence electrons. The maximum Gasteiger partial charge on any atom is 0.306 e. The van der Waals surface area contributed by atoms with Crippen LogP contribution < -0.4 is 0 Å². The molecule has 2 N–H and O–H groups in total. The van der Waals surface area contributed by atoms with Crippen molar-refractivity contribution < 1.29 is 29.3 Å². The zero-order valence-corrected chi connectivity index (χ0v) is 25.7. The second-order valence-electron chi connectivity index (χ2n) is 10.7. The van der Waals surface area contributed by atoms with Crippen molar-refractivity contribution >= 4 is 11.9 Å². The van der Waals surface area contributed by atoms with Crippen LogP contribution in [0.3, 0.4) is 0 Å². The van der Waals surface area contributed by atoms with E-state index in [1.54, 1.807) is 0 Å². The molecule has 0 aliphatic heterocycles. The van der Waals surface area contributed by atoms with Crippen LogP contribution in [-0.4, -0.2) is 47.6 Å². The summed E-state index contributed by atoms with van der Waals surface area (Å²) in [6.45, 7) is 3.87. The SMILES string of the molecule is CC/C=C/CC(O)/C=C/C=C/CCCCCCCC(=O)OC[C@H](CO)OC(=O)CCCCCCCCCCCC. The first-order valence-corrected chi connectivity index (χ1v) is 16.2. The molecular formula is C34H60O6. The average Bonchev–Trinajstić information content (AvgIpc) is 2.95. The van der Waals surface area contributed by atoms with Gasteiger partial charge in [-0.2, -0.15) is 0 Å². The molecule has 40 heavy (non-hydrogen) atoms. The van der Waals surface area contributed by atoms with Gasteiger partial charge < -0.3 is 19.7 Å². The van der Waals surface area contributed by atoms with Crippen LogP contribution in [0, 0.1) is 0 Å². The molecule has 0 saturated heterocycles. The highest BCUT2D eigenvalue weighted by molar-refractivity contribution is 5.70. The summed E-state index contributed by atoms with van der Waals surface area (Å²) in [6.07, 6.45) is 31.0. The van der Waals surface area contributed by atoms with E-state index in [9.17, 15) is 19.8 Å². The van der Waals surface area contributed by atoms with Gasteiger partial charge in [0, 0.05) is 12.8 Å². The summed E-state index contributed by atoms with van der Waals surface area (Å²) in [5.74, 6) is -0.649. The minimum absolute atomic E-state index is 0.0909. The molecule has 1 unspecified atom stereocenters. The van der Waals surface area contributed by atoms with Gasteiger partial charge in [0.05, 0.1) is 12.7 Å². The fourth-order valence-corrected chi connectivity index (χ4v) is 4.29. The van der Waals surface area contributed by atoms with Crippen LogP contribution in [-0.2, 0) is 19.1 Å². The summed E-state index contributed by atoms with van der Waals surface area (Å²) >= 11 is 0. The molecule has 0 aliphatic carbocycles. The lowest BCUT2D eigenvalue weighted by atomic mass is 10.1. The number of hydrogen-bond acceptors (Lipinski definition) is 6. The van der Waals surface area contributed by atoms with Crippen molar-refractivity contribution in [1.82, 2.24) is 0 Å². The normalized spacial score (nSPS) is 13.4. The van der Waals surface area contributed by atoms with Crippen LogP contribution in [0.25, 0.3) is 0 Å². The van der Waals surface area contributed by atoms with Gasteiger partial charge in [0.25, 0.3) is 0 Å². The van der Waals surface area contributed by atoms with Gasteiger partial charge in [0.2, 0.25) is 0 Å². The monoisotopic (exact) mass is 564 g/mol. The van der Waals surface area contributed by atoms with Gasteiger partial charge in [-0.05, 0) is 38.5 Å². The van der Waals surface area contributed by atoms with Crippen molar-refractivity contribution in [3.8, 4) is 0 Å². The Morgan fingerprint density at radius 2 is 1.27 bits per heavy atom. The molecule has 6 nitrogen and oxygen atoms in total. The second kappa shape index (κ2) is 30.0. The number of ether oxygens (including phenoxy) is 2. The third-order valence-corrected chi connectivity index (χ3v) is 6.78. The summed E-state index contributed by atoms with van der Waals surface area (Å²) in [4.78, 5) is 24.0. The van der Waals surface area contributed by atoms with Gasteiger partial charge in [0.15, 0.2) is 6.10 Å². The van der Waals surface area contributed by atoms with Crippen LogP contribution in [0.2, 0.25) is 0 Å². The van der Waals surface area contributed by atoms with E-state index in [1.807, 2.05) is 24.3 Å². The van der Waals surface area contributed by atoms with Crippen molar-refractivity contribution in [3.05, 3.63) is 36.5 Å². The summed E-state index contributed by atoms with van der Waals surface area (Å²) in [5, 5.41) is 19.3. The Bertz CT molecular complexity index is 669. The van der Waals surface area contributed by atoms with Crippen molar-refractivity contribution in [2.75, 3.05) is 13.2 Å². The number of aliphatic hydroxyl groups is 2. The highest BCUT2D eigenvalue weighted by Crippen LogP contribution is 2.12. The lowest BCUT2D eigenvalue weighted by Crippen LogP contribution is -2.28. The first kappa shape index (κ1) is 38.1. The smallest absolute Gasteiger partial charge is 0.306 e. The Morgan fingerprint density at radius 1 is 0.700 bits per heavy atom. The second-order valence-corrected chi connectivity index (χ2v) is 10.7.